The minimum absolute atomic E-state index is 0.121. The molecule has 0 unspecified atom stereocenters. The number of rotatable bonds is 7. The van der Waals surface area contributed by atoms with Gasteiger partial charge in [0.25, 0.3) is 0 Å². The minimum atomic E-state index is -1.21. The molecule has 150 valence electrons. The van der Waals surface area contributed by atoms with Crippen molar-refractivity contribution in [2.45, 2.75) is 44.7 Å². The lowest BCUT2D eigenvalue weighted by Crippen LogP contribution is -2.39. The molecule has 0 radical (unpaired) electrons. The Morgan fingerprint density at radius 2 is 1.55 bits per heavy atom. The van der Waals surface area contributed by atoms with Crippen molar-refractivity contribution in [2.24, 2.45) is 0 Å². The highest BCUT2D eigenvalue weighted by Crippen LogP contribution is 2.45. The maximum Gasteiger partial charge on any atom is 0.226 e. The van der Waals surface area contributed by atoms with Gasteiger partial charge in [0.15, 0.2) is 11.5 Å². The van der Waals surface area contributed by atoms with Crippen LogP contribution in [0.5, 0.6) is 0 Å². The van der Waals surface area contributed by atoms with Gasteiger partial charge >= 0.3 is 0 Å². The number of hydrogen-bond donors (Lipinski definition) is 0. The molecule has 5 heteroatoms. The van der Waals surface area contributed by atoms with Gasteiger partial charge < -0.3 is 23.7 Å². The molecule has 0 spiro atoms. The molecule has 0 saturated carbocycles. The Morgan fingerprint density at radius 3 is 2.17 bits per heavy atom. The predicted molar refractivity (Wildman–Crippen MR) is 107 cm³/mol. The van der Waals surface area contributed by atoms with Gasteiger partial charge in [0.1, 0.15) is 6.61 Å². The van der Waals surface area contributed by atoms with Crippen LogP contribution in [0, 0.1) is 12.3 Å². The molecular weight excluding hydrogens is 368 g/mol. The van der Waals surface area contributed by atoms with Crippen LogP contribution in [0.4, 0.5) is 0 Å². The molecule has 2 aromatic carbocycles. The second-order valence-electron chi connectivity index (χ2n) is 7.49. The maximum absolute atomic E-state index is 6.13. The highest BCUT2D eigenvalue weighted by molar-refractivity contribution is 5.35. The van der Waals surface area contributed by atoms with Gasteiger partial charge in [0.05, 0.1) is 13.2 Å². The molecule has 0 aromatic heterocycles. The van der Waals surface area contributed by atoms with Crippen LogP contribution in [0.3, 0.4) is 0 Å². The SMILES string of the molecule is C#C[C@]1(COCc2ccccc2)O[C@@H]2OC(C)(C)OC2=C1OCc1ccccc1. The Balaban J connectivity index is 1.54. The van der Waals surface area contributed by atoms with E-state index >= 15 is 0 Å². The molecule has 2 aliphatic rings. The van der Waals surface area contributed by atoms with Crippen molar-refractivity contribution >= 4 is 0 Å². The number of terminal acetylenes is 1. The average Bonchev–Trinajstić information content (AvgIpc) is 3.17. The third-order valence-corrected chi connectivity index (χ3v) is 4.74. The fourth-order valence-corrected chi connectivity index (χ4v) is 3.36. The van der Waals surface area contributed by atoms with Gasteiger partial charge in [-0.2, -0.15) is 0 Å². The van der Waals surface area contributed by atoms with E-state index in [1.807, 2.05) is 74.5 Å². The second kappa shape index (κ2) is 7.92. The van der Waals surface area contributed by atoms with E-state index in [0.29, 0.717) is 24.7 Å². The predicted octanol–water partition coefficient (Wildman–Crippen LogP) is 4.14. The normalized spacial score (nSPS) is 24.7. The molecule has 4 rings (SSSR count). The lowest BCUT2D eigenvalue weighted by atomic mass is 10.0. The Hall–Kier alpha value is -2.78. The first kappa shape index (κ1) is 19.5. The van der Waals surface area contributed by atoms with E-state index in [1.54, 1.807) is 0 Å². The van der Waals surface area contributed by atoms with Gasteiger partial charge in [0.2, 0.25) is 17.7 Å². The van der Waals surface area contributed by atoms with E-state index in [4.69, 9.17) is 30.1 Å². The third-order valence-electron chi connectivity index (χ3n) is 4.74. The van der Waals surface area contributed by atoms with Crippen LogP contribution >= 0.6 is 0 Å². The van der Waals surface area contributed by atoms with Crippen LogP contribution in [0.2, 0.25) is 0 Å². The smallest absolute Gasteiger partial charge is 0.226 e. The van der Waals surface area contributed by atoms with E-state index in [0.717, 1.165) is 11.1 Å². The summed E-state index contributed by atoms with van der Waals surface area (Å²) in [6.45, 7) is 4.50. The van der Waals surface area contributed by atoms with Gasteiger partial charge in [0, 0.05) is 13.8 Å². The maximum atomic E-state index is 6.13. The fourth-order valence-electron chi connectivity index (χ4n) is 3.36. The molecule has 2 aliphatic heterocycles. The molecule has 5 nitrogen and oxygen atoms in total. The number of ether oxygens (including phenoxy) is 5. The van der Waals surface area contributed by atoms with Crippen molar-refractivity contribution in [2.75, 3.05) is 6.61 Å². The van der Waals surface area contributed by atoms with E-state index < -0.39 is 17.7 Å². The Labute approximate surface area is 171 Å². The summed E-state index contributed by atoms with van der Waals surface area (Å²) in [6.07, 6.45) is 5.18. The molecule has 1 saturated heterocycles. The molecule has 0 N–H and O–H groups in total. The Morgan fingerprint density at radius 1 is 0.931 bits per heavy atom. The van der Waals surface area contributed by atoms with Crippen LogP contribution in [0.15, 0.2) is 72.2 Å². The summed E-state index contributed by atoms with van der Waals surface area (Å²) >= 11 is 0. The van der Waals surface area contributed by atoms with Crippen LogP contribution in [-0.4, -0.2) is 24.3 Å². The summed E-state index contributed by atoms with van der Waals surface area (Å²) in [6, 6.07) is 19.7. The van der Waals surface area contributed by atoms with Crippen LogP contribution in [-0.2, 0) is 36.9 Å². The van der Waals surface area contributed by atoms with Crippen LogP contribution in [0.25, 0.3) is 0 Å². The number of benzene rings is 2. The van der Waals surface area contributed by atoms with E-state index in [-0.39, 0.29) is 6.61 Å². The highest BCUT2D eigenvalue weighted by atomic mass is 16.8. The van der Waals surface area contributed by atoms with Crippen molar-refractivity contribution < 1.29 is 23.7 Å². The van der Waals surface area contributed by atoms with E-state index in [1.165, 1.54) is 0 Å². The van der Waals surface area contributed by atoms with Gasteiger partial charge in [-0.05, 0) is 11.1 Å². The lowest BCUT2D eigenvalue weighted by molar-refractivity contribution is -0.221. The molecule has 2 heterocycles. The quantitative estimate of drug-likeness (QED) is 0.663. The molecule has 0 amide bonds. The standard InChI is InChI=1S/C24H24O5/c1-4-24(17-25-15-18-11-7-5-8-12-18)21(26-16-19-13-9-6-10-14-19)20-22(29-24)28-23(2,3)27-20/h1,5-14,22H,15-17H2,2-3H3/t22-,24+/m0/s1. The first-order valence-corrected chi connectivity index (χ1v) is 9.57. The fraction of sp³-hybridized carbons (Fsp3) is 0.333. The molecule has 2 aromatic rings. The van der Waals surface area contributed by atoms with Gasteiger partial charge in [-0.25, -0.2) is 0 Å². The van der Waals surface area contributed by atoms with Gasteiger partial charge in [-0.3, -0.25) is 0 Å². The lowest BCUT2D eigenvalue weighted by Gasteiger charge is -2.28. The van der Waals surface area contributed by atoms with Crippen molar-refractivity contribution in [3.05, 3.63) is 83.3 Å². The van der Waals surface area contributed by atoms with Crippen molar-refractivity contribution in [3.8, 4) is 12.3 Å². The van der Waals surface area contributed by atoms with Crippen molar-refractivity contribution in [1.82, 2.24) is 0 Å². The van der Waals surface area contributed by atoms with Crippen LogP contribution < -0.4 is 0 Å². The summed E-state index contributed by atoms with van der Waals surface area (Å²) in [5.74, 6) is 2.82. The highest BCUT2D eigenvalue weighted by Gasteiger charge is 2.56. The zero-order chi connectivity index (χ0) is 20.3. The van der Waals surface area contributed by atoms with Crippen LogP contribution in [0.1, 0.15) is 25.0 Å². The zero-order valence-electron chi connectivity index (χ0n) is 16.6. The molecule has 0 bridgehead atoms. The number of hydrogen-bond acceptors (Lipinski definition) is 5. The summed E-state index contributed by atoms with van der Waals surface area (Å²) in [7, 11) is 0. The Kier molecular flexibility index (Phi) is 5.33. The third kappa shape index (κ3) is 4.15. The summed E-state index contributed by atoms with van der Waals surface area (Å²) in [4.78, 5) is 0. The second-order valence-corrected chi connectivity index (χ2v) is 7.49. The topological polar surface area (TPSA) is 46.2 Å². The first-order valence-electron chi connectivity index (χ1n) is 9.57. The van der Waals surface area contributed by atoms with Gasteiger partial charge in [-0.1, -0.05) is 66.6 Å². The molecule has 2 atom stereocenters. The van der Waals surface area contributed by atoms with E-state index in [9.17, 15) is 0 Å². The largest absolute Gasteiger partial charge is 0.485 e. The monoisotopic (exact) mass is 392 g/mol. The zero-order valence-corrected chi connectivity index (χ0v) is 16.6. The summed E-state index contributed by atoms with van der Waals surface area (Å²) < 4.78 is 29.9. The first-order chi connectivity index (χ1) is 14.0. The van der Waals surface area contributed by atoms with Crippen molar-refractivity contribution in [1.29, 1.82) is 0 Å². The summed E-state index contributed by atoms with van der Waals surface area (Å²) in [5.41, 5.74) is 0.851. The molecule has 0 aliphatic carbocycles. The minimum Gasteiger partial charge on any atom is -0.485 e. The molecular formula is C24H24O5. The average molecular weight is 392 g/mol. The molecule has 29 heavy (non-hydrogen) atoms. The van der Waals surface area contributed by atoms with E-state index in [2.05, 4.69) is 5.92 Å². The van der Waals surface area contributed by atoms with Crippen molar-refractivity contribution in [3.63, 3.8) is 0 Å². The molecule has 1 fully saturated rings. The van der Waals surface area contributed by atoms with Gasteiger partial charge in [-0.15, -0.1) is 6.42 Å². The Bertz CT molecular complexity index is 913. The number of fused-ring (bicyclic) bond motifs is 1. The summed E-state index contributed by atoms with van der Waals surface area (Å²) in [5, 5.41) is 0.